The van der Waals surface area contributed by atoms with Crippen LogP contribution in [0.1, 0.15) is 168 Å². The van der Waals surface area contributed by atoms with Crippen molar-refractivity contribution >= 4 is 0 Å². The van der Waals surface area contributed by atoms with E-state index in [9.17, 15) is 10.2 Å². The molecule has 0 radical (unpaired) electrons. The molecule has 0 aliphatic heterocycles. The molecule has 244 valence electrons. The minimum atomic E-state index is -0.667. The Morgan fingerprint density at radius 2 is 0.725 bits per heavy atom. The first-order valence-corrected chi connectivity index (χ1v) is 17.2. The van der Waals surface area contributed by atoms with Gasteiger partial charge in [-0.25, -0.2) is 0 Å². The van der Waals surface area contributed by atoms with Gasteiger partial charge in [0.1, 0.15) is 0 Å². The Bertz CT molecular complexity index is 410. The maximum atomic E-state index is 10.0. The van der Waals surface area contributed by atoms with Crippen molar-refractivity contribution < 1.29 is 30.3 Å². The fraction of sp³-hybridized carbons (Fsp3) is 1.00. The molecule has 0 aromatic rings. The number of aliphatic hydroxyl groups excluding tert-OH is 5. The summed E-state index contributed by atoms with van der Waals surface area (Å²) in [6.07, 6.45) is 27.9. The molecule has 0 amide bonds. The monoisotopic (exact) mass is 577 g/mol. The second-order valence-corrected chi connectivity index (χ2v) is 12.1. The number of rotatable bonds is 30. The van der Waals surface area contributed by atoms with Crippen LogP contribution in [0, 0.1) is 5.41 Å². The Labute approximate surface area is 249 Å². The lowest BCUT2D eigenvalue weighted by atomic mass is 9.88. The predicted molar refractivity (Wildman–Crippen MR) is 170 cm³/mol. The van der Waals surface area contributed by atoms with Crippen LogP contribution in [-0.4, -0.2) is 70.8 Å². The highest BCUT2D eigenvalue weighted by molar-refractivity contribution is 4.74. The smallest absolute Gasteiger partial charge is 0.0773 e. The molecule has 0 saturated heterocycles. The molecule has 5 N–H and O–H groups in total. The first kappa shape index (κ1) is 41.9. The maximum Gasteiger partial charge on any atom is 0.0773 e. The number of aliphatic hydroxyl groups is 5. The lowest BCUT2D eigenvalue weighted by molar-refractivity contribution is -0.0129. The molecular formula is C34H72O6. The normalized spacial score (nSPS) is 13.2. The van der Waals surface area contributed by atoms with Gasteiger partial charge < -0.3 is 30.3 Å². The van der Waals surface area contributed by atoms with Gasteiger partial charge in [-0.1, -0.05) is 149 Å². The highest BCUT2D eigenvalue weighted by Crippen LogP contribution is 2.18. The highest BCUT2D eigenvalue weighted by atomic mass is 16.5. The van der Waals surface area contributed by atoms with E-state index in [0.29, 0.717) is 19.6 Å². The van der Waals surface area contributed by atoms with Crippen LogP contribution in [0.5, 0.6) is 0 Å². The summed E-state index contributed by atoms with van der Waals surface area (Å²) in [4.78, 5) is 0. The Morgan fingerprint density at radius 3 is 0.950 bits per heavy atom. The van der Waals surface area contributed by atoms with Crippen LogP contribution in [0.3, 0.4) is 0 Å². The molecule has 6 nitrogen and oxygen atoms in total. The topological polar surface area (TPSA) is 110 Å². The van der Waals surface area contributed by atoms with Gasteiger partial charge in [-0.2, -0.15) is 0 Å². The van der Waals surface area contributed by atoms with Gasteiger partial charge in [0, 0.05) is 5.41 Å². The maximum absolute atomic E-state index is 10.0. The molecule has 0 aliphatic carbocycles. The average molecular weight is 577 g/mol. The molecule has 0 heterocycles. The van der Waals surface area contributed by atoms with Crippen molar-refractivity contribution in [2.24, 2.45) is 5.41 Å². The third-order valence-electron chi connectivity index (χ3n) is 8.16. The quantitative estimate of drug-likeness (QED) is 0.0560. The third-order valence-corrected chi connectivity index (χ3v) is 8.16. The second-order valence-electron chi connectivity index (χ2n) is 12.1. The minimum absolute atomic E-state index is 0.156. The zero-order chi connectivity index (χ0) is 30.2. The molecule has 0 spiro atoms. The van der Waals surface area contributed by atoms with Crippen molar-refractivity contribution in [1.82, 2.24) is 0 Å². The SMILES string of the molecule is CCC(CO)(CO)CO.CCCCCCCCCCCCC(O)COCC(O)CCCCCCCCCCCC. The summed E-state index contributed by atoms with van der Waals surface area (Å²) in [5, 5.41) is 46.1. The van der Waals surface area contributed by atoms with Crippen LogP contribution in [0.25, 0.3) is 0 Å². The first-order valence-electron chi connectivity index (χ1n) is 17.2. The van der Waals surface area contributed by atoms with Crippen molar-refractivity contribution in [3.8, 4) is 0 Å². The van der Waals surface area contributed by atoms with Gasteiger partial charge in [-0.05, 0) is 19.3 Å². The molecule has 0 aliphatic rings. The van der Waals surface area contributed by atoms with E-state index in [1.165, 1.54) is 116 Å². The van der Waals surface area contributed by atoms with Crippen molar-refractivity contribution in [3.05, 3.63) is 0 Å². The Hall–Kier alpha value is -0.240. The standard InChI is InChI=1S/C28H58O3.C6H14O3/c1-3-5-7-9-11-13-15-17-19-21-23-27(29)25-31-26-28(30)24-22-20-18-16-14-12-10-8-6-4-2;1-2-6(3-7,4-8)5-9/h27-30H,3-26H2,1-2H3;7-9H,2-5H2,1H3. The summed E-state index contributed by atoms with van der Waals surface area (Å²) in [7, 11) is 0. The summed E-state index contributed by atoms with van der Waals surface area (Å²) in [5.41, 5.74) is -0.667. The number of hydrogen-bond acceptors (Lipinski definition) is 6. The van der Waals surface area contributed by atoms with Gasteiger partial charge >= 0.3 is 0 Å². The van der Waals surface area contributed by atoms with E-state index < -0.39 is 5.41 Å². The fourth-order valence-electron chi connectivity index (χ4n) is 4.73. The zero-order valence-corrected chi connectivity index (χ0v) is 27.1. The molecule has 0 bridgehead atoms. The van der Waals surface area contributed by atoms with Gasteiger partial charge in [-0.3, -0.25) is 0 Å². The number of ether oxygens (including phenoxy) is 1. The van der Waals surface area contributed by atoms with Crippen LogP contribution in [0.4, 0.5) is 0 Å². The van der Waals surface area contributed by atoms with E-state index in [2.05, 4.69) is 13.8 Å². The highest BCUT2D eigenvalue weighted by Gasteiger charge is 2.24. The number of hydrogen-bond donors (Lipinski definition) is 5. The lowest BCUT2D eigenvalue weighted by Crippen LogP contribution is -2.32. The fourth-order valence-corrected chi connectivity index (χ4v) is 4.73. The molecule has 2 atom stereocenters. The van der Waals surface area contributed by atoms with Crippen molar-refractivity contribution in [3.63, 3.8) is 0 Å². The average Bonchev–Trinajstić information content (AvgIpc) is 2.97. The van der Waals surface area contributed by atoms with Gasteiger partial charge in [0.05, 0.1) is 45.2 Å². The molecular weight excluding hydrogens is 504 g/mol. The Morgan fingerprint density at radius 1 is 0.450 bits per heavy atom. The van der Waals surface area contributed by atoms with E-state index >= 15 is 0 Å². The summed E-state index contributed by atoms with van der Waals surface area (Å²) < 4.78 is 5.54. The van der Waals surface area contributed by atoms with Gasteiger partial charge in [-0.15, -0.1) is 0 Å². The largest absolute Gasteiger partial charge is 0.396 e. The minimum Gasteiger partial charge on any atom is -0.396 e. The van der Waals surface area contributed by atoms with Crippen molar-refractivity contribution in [2.75, 3.05) is 33.0 Å². The summed E-state index contributed by atoms with van der Waals surface area (Å²) >= 11 is 0. The van der Waals surface area contributed by atoms with E-state index in [0.717, 1.165) is 25.7 Å². The lowest BCUT2D eigenvalue weighted by Gasteiger charge is -2.24. The molecule has 2 unspecified atom stereocenters. The summed E-state index contributed by atoms with van der Waals surface area (Å²) in [6, 6.07) is 0. The molecule has 0 fully saturated rings. The van der Waals surface area contributed by atoms with Gasteiger partial charge in [0.2, 0.25) is 0 Å². The number of unbranched alkanes of at least 4 members (excludes halogenated alkanes) is 18. The third kappa shape index (κ3) is 29.3. The van der Waals surface area contributed by atoms with Crippen LogP contribution in [0.2, 0.25) is 0 Å². The van der Waals surface area contributed by atoms with Crippen LogP contribution < -0.4 is 0 Å². The summed E-state index contributed by atoms with van der Waals surface area (Å²) in [6.45, 7) is 6.62. The van der Waals surface area contributed by atoms with E-state index in [4.69, 9.17) is 20.1 Å². The Balaban J connectivity index is 0. The van der Waals surface area contributed by atoms with Crippen molar-refractivity contribution in [2.45, 2.75) is 181 Å². The van der Waals surface area contributed by atoms with Crippen molar-refractivity contribution in [1.29, 1.82) is 0 Å². The molecule has 0 rings (SSSR count). The van der Waals surface area contributed by atoms with Crippen LogP contribution >= 0.6 is 0 Å². The summed E-state index contributed by atoms with van der Waals surface area (Å²) in [5.74, 6) is 0. The van der Waals surface area contributed by atoms with Gasteiger partial charge in [0.15, 0.2) is 0 Å². The van der Waals surface area contributed by atoms with Crippen LogP contribution in [0.15, 0.2) is 0 Å². The first-order chi connectivity index (χ1) is 19.4. The van der Waals surface area contributed by atoms with Crippen LogP contribution in [-0.2, 0) is 4.74 Å². The Kier molecular flexibility index (Phi) is 34.8. The molecule has 40 heavy (non-hydrogen) atoms. The van der Waals surface area contributed by atoms with Gasteiger partial charge in [0.25, 0.3) is 0 Å². The van der Waals surface area contributed by atoms with E-state index in [1.54, 1.807) is 0 Å². The molecule has 0 saturated carbocycles. The predicted octanol–water partition coefficient (Wildman–Crippen LogP) is 7.71. The molecule has 0 aromatic heterocycles. The zero-order valence-electron chi connectivity index (χ0n) is 27.1. The second kappa shape index (κ2) is 33.3. The molecule has 0 aromatic carbocycles. The van der Waals surface area contributed by atoms with E-state index in [-0.39, 0.29) is 32.0 Å². The molecule has 6 heteroatoms. The van der Waals surface area contributed by atoms with E-state index in [1.807, 2.05) is 6.92 Å².